The fourth-order valence-corrected chi connectivity index (χ4v) is 4.02. The maximum absolute atomic E-state index is 5.62. The Morgan fingerprint density at radius 2 is 2.00 bits per heavy atom. The number of hydrogen-bond donors (Lipinski definition) is 1. The van der Waals surface area contributed by atoms with Crippen molar-refractivity contribution < 1.29 is 18.9 Å². The SMILES string of the molecule is CCOc1ccc(CN2CCc3nc(Nc4ccc5c(c4)OCO5)ncc3C2)cc1OC. The summed E-state index contributed by atoms with van der Waals surface area (Å²) in [6.07, 6.45) is 2.80. The van der Waals surface area contributed by atoms with Crippen molar-refractivity contribution in [1.29, 1.82) is 0 Å². The van der Waals surface area contributed by atoms with Crippen LogP contribution in [0.5, 0.6) is 23.0 Å². The molecule has 8 nitrogen and oxygen atoms in total. The highest BCUT2D eigenvalue weighted by atomic mass is 16.7. The summed E-state index contributed by atoms with van der Waals surface area (Å²) < 4.78 is 21.9. The van der Waals surface area contributed by atoms with Crippen molar-refractivity contribution in [3.8, 4) is 23.0 Å². The van der Waals surface area contributed by atoms with Gasteiger partial charge in [0, 0.05) is 49.6 Å². The second-order valence-electron chi connectivity index (χ2n) is 7.74. The normalized spacial score (nSPS) is 14.7. The first kappa shape index (κ1) is 20.4. The lowest BCUT2D eigenvalue weighted by molar-refractivity contribution is 0.174. The van der Waals surface area contributed by atoms with Crippen molar-refractivity contribution in [2.24, 2.45) is 0 Å². The Balaban J connectivity index is 1.25. The van der Waals surface area contributed by atoms with Gasteiger partial charge in [0.2, 0.25) is 12.7 Å². The first-order valence-electron chi connectivity index (χ1n) is 10.8. The van der Waals surface area contributed by atoms with E-state index in [0.29, 0.717) is 12.6 Å². The summed E-state index contributed by atoms with van der Waals surface area (Å²) in [5.41, 5.74) is 4.31. The molecule has 1 N–H and O–H groups in total. The molecular formula is C24H26N4O4. The Labute approximate surface area is 187 Å². The van der Waals surface area contributed by atoms with Crippen molar-refractivity contribution in [3.63, 3.8) is 0 Å². The van der Waals surface area contributed by atoms with E-state index in [4.69, 9.17) is 23.9 Å². The fourth-order valence-electron chi connectivity index (χ4n) is 4.02. The van der Waals surface area contributed by atoms with Crippen LogP contribution in [0.2, 0.25) is 0 Å². The van der Waals surface area contributed by atoms with Gasteiger partial charge in [0.15, 0.2) is 23.0 Å². The van der Waals surface area contributed by atoms with E-state index in [0.717, 1.165) is 66.0 Å². The van der Waals surface area contributed by atoms with Crippen molar-refractivity contribution >= 4 is 11.6 Å². The van der Waals surface area contributed by atoms with Gasteiger partial charge in [0.05, 0.1) is 19.4 Å². The van der Waals surface area contributed by atoms with E-state index in [2.05, 4.69) is 27.3 Å². The molecule has 8 heteroatoms. The molecule has 0 unspecified atom stereocenters. The zero-order valence-electron chi connectivity index (χ0n) is 18.3. The maximum Gasteiger partial charge on any atom is 0.231 e. The van der Waals surface area contributed by atoms with Crippen LogP contribution < -0.4 is 24.3 Å². The molecule has 0 saturated carbocycles. The molecule has 0 radical (unpaired) electrons. The molecule has 0 saturated heterocycles. The molecule has 32 heavy (non-hydrogen) atoms. The Hall–Kier alpha value is -3.52. The molecule has 166 valence electrons. The number of nitrogens with zero attached hydrogens (tertiary/aromatic N) is 3. The highest BCUT2D eigenvalue weighted by molar-refractivity contribution is 5.60. The Morgan fingerprint density at radius 1 is 1.09 bits per heavy atom. The average molecular weight is 434 g/mol. The third-order valence-corrected chi connectivity index (χ3v) is 5.58. The number of methoxy groups -OCH3 is 1. The van der Waals surface area contributed by atoms with Crippen LogP contribution in [0.4, 0.5) is 11.6 Å². The molecule has 0 spiro atoms. The molecule has 3 aromatic rings. The fraction of sp³-hybridized carbons (Fsp3) is 0.333. The molecule has 2 aliphatic rings. The smallest absolute Gasteiger partial charge is 0.231 e. The van der Waals surface area contributed by atoms with Crippen LogP contribution in [0.3, 0.4) is 0 Å². The summed E-state index contributed by atoms with van der Waals surface area (Å²) in [5.74, 6) is 3.62. The number of aromatic nitrogens is 2. The van der Waals surface area contributed by atoms with E-state index in [1.165, 1.54) is 5.56 Å². The first-order valence-corrected chi connectivity index (χ1v) is 10.8. The van der Waals surface area contributed by atoms with E-state index >= 15 is 0 Å². The minimum absolute atomic E-state index is 0.258. The zero-order valence-corrected chi connectivity index (χ0v) is 18.3. The van der Waals surface area contributed by atoms with Crippen LogP contribution in [-0.4, -0.2) is 41.9 Å². The van der Waals surface area contributed by atoms with E-state index < -0.39 is 0 Å². The monoisotopic (exact) mass is 434 g/mol. The summed E-state index contributed by atoms with van der Waals surface area (Å²) in [7, 11) is 1.67. The van der Waals surface area contributed by atoms with Crippen LogP contribution in [0.15, 0.2) is 42.6 Å². The van der Waals surface area contributed by atoms with Gasteiger partial charge < -0.3 is 24.3 Å². The second kappa shape index (κ2) is 8.92. The quantitative estimate of drug-likeness (QED) is 0.600. The highest BCUT2D eigenvalue weighted by Crippen LogP contribution is 2.35. The van der Waals surface area contributed by atoms with Gasteiger partial charge in [-0.25, -0.2) is 9.97 Å². The summed E-state index contributed by atoms with van der Waals surface area (Å²) >= 11 is 0. The summed E-state index contributed by atoms with van der Waals surface area (Å²) in [6, 6.07) is 11.8. The second-order valence-corrected chi connectivity index (χ2v) is 7.74. The van der Waals surface area contributed by atoms with Crippen LogP contribution in [-0.2, 0) is 19.5 Å². The topological polar surface area (TPSA) is 78.0 Å². The molecule has 0 bridgehead atoms. The maximum atomic E-state index is 5.62. The molecule has 0 aliphatic carbocycles. The minimum atomic E-state index is 0.258. The summed E-state index contributed by atoms with van der Waals surface area (Å²) in [4.78, 5) is 11.7. The number of ether oxygens (including phenoxy) is 4. The van der Waals surface area contributed by atoms with E-state index in [1.54, 1.807) is 7.11 Å². The largest absolute Gasteiger partial charge is 0.493 e. The first-order chi connectivity index (χ1) is 15.7. The van der Waals surface area contributed by atoms with E-state index in [9.17, 15) is 0 Å². The minimum Gasteiger partial charge on any atom is -0.493 e. The van der Waals surface area contributed by atoms with E-state index in [-0.39, 0.29) is 6.79 Å². The van der Waals surface area contributed by atoms with Gasteiger partial charge in [-0.15, -0.1) is 0 Å². The van der Waals surface area contributed by atoms with Gasteiger partial charge in [-0.3, -0.25) is 4.90 Å². The molecule has 2 aromatic carbocycles. The number of rotatable bonds is 7. The molecule has 2 aliphatic heterocycles. The van der Waals surface area contributed by atoms with Gasteiger partial charge >= 0.3 is 0 Å². The molecule has 3 heterocycles. The van der Waals surface area contributed by atoms with Gasteiger partial charge in [-0.2, -0.15) is 0 Å². The molecular weight excluding hydrogens is 408 g/mol. The van der Waals surface area contributed by atoms with Gasteiger partial charge in [0.1, 0.15) is 0 Å². The third-order valence-electron chi connectivity index (χ3n) is 5.58. The highest BCUT2D eigenvalue weighted by Gasteiger charge is 2.20. The van der Waals surface area contributed by atoms with Crippen LogP contribution in [0.1, 0.15) is 23.7 Å². The van der Waals surface area contributed by atoms with E-state index in [1.807, 2.05) is 37.4 Å². The average Bonchev–Trinajstić information content (AvgIpc) is 3.28. The molecule has 0 amide bonds. The summed E-state index contributed by atoms with van der Waals surface area (Å²) in [5, 5.41) is 3.27. The third kappa shape index (κ3) is 4.27. The van der Waals surface area contributed by atoms with Crippen LogP contribution >= 0.6 is 0 Å². The van der Waals surface area contributed by atoms with Gasteiger partial charge in [0.25, 0.3) is 0 Å². The lowest BCUT2D eigenvalue weighted by Gasteiger charge is -2.28. The van der Waals surface area contributed by atoms with Crippen LogP contribution in [0, 0.1) is 0 Å². The predicted octanol–water partition coefficient (Wildman–Crippen LogP) is 3.91. The van der Waals surface area contributed by atoms with Crippen molar-refractivity contribution in [2.75, 3.05) is 32.4 Å². The number of benzene rings is 2. The molecule has 0 atom stereocenters. The number of fused-ring (bicyclic) bond motifs is 2. The predicted molar refractivity (Wildman–Crippen MR) is 120 cm³/mol. The molecule has 0 fully saturated rings. The van der Waals surface area contributed by atoms with Crippen LogP contribution in [0.25, 0.3) is 0 Å². The Morgan fingerprint density at radius 3 is 2.88 bits per heavy atom. The van der Waals surface area contributed by atoms with Crippen molar-refractivity contribution in [1.82, 2.24) is 14.9 Å². The Bertz CT molecular complexity index is 1120. The van der Waals surface area contributed by atoms with Crippen molar-refractivity contribution in [2.45, 2.75) is 26.4 Å². The number of anilines is 2. The lowest BCUT2D eigenvalue weighted by Crippen LogP contribution is -2.31. The number of nitrogens with one attached hydrogen (secondary N) is 1. The zero-order chi connectivity index (χ0) is 21.9. The summed E-state index contributed by atoms with van der Waals surface area (Å²) in [6.45, 7) is 5.42. The van der Waals surface area contributed by atoms with Gasteiger partial charge in [-0.05, 0) is 36.8 Å². The number of hydrogen-bond acceptors (Lipinski definition) is 8. The molecule has 1 aromatic heterocycles. The van der Waals surface area contributed by atoms with Gasteiger partial charge in [-0.1, -0.05) is 6.07 Å². The van der Waals surface area contributed by atoms with Crippen molar-refractivity contribution in [3.05, 3.63) is 59.4 Å². The lowest BCUT2D eigenvalue weighted by atomic mass is 10.1. The standard InChI is InChI=1S/C24H26N4O4/c1-3-30-20-6-4-16(10-22(20)29-2)13-28-9-8-19-17(14-28)12-25-24(27-19)26-18-5-7-21-23(11-18)32-15-31-21/h4-7,10-12H,3,8-9,13-15H2,1-2H3,(H,25,26,27). The molecule has 5 rings (SSSR count). The Kier molecular flexibility index (Phi) is 5.68.